The van der Waals surface area contributed by atoms with E-state index in [1.165, 1.54) is 10.6 Å². The molecule has 2 fully saturated rings. The van der Waals surface area contributed by atoms with E-state index >= 15 is 0 Å². The third-order valence-corrected chi connectivity index (χ3v) is 6.24. The number of piperidine rings is 1. The van der Waals surface area contributed by atoms with E-state index in [1.54, 1.807) is 4.90 Å². The van der Waals surface area contributed by atoms with Gasteiger partial charge < -0.3 is 10.0 Å². The second-order valence-electron chi connectivity index (χ2n) is 6.15. The van der Waals surface area contributed by atoms with Gasteiger partial charge in [-0.2, -0.15) is 4.31 Å². The van der Waals surface area contributed by atoms with Crippen LogP contribution in [0.25, 0.3) is 0 Å². The Labute approximate surface area is 131 Å². The van der Waals surface area contributed by atoms with Gasteiger partial charge in [0.15, 0.2) is 0 Å². The van der Waals surface area contributed by atoms with Gasteiger partial charge in [0.1, 0.15) is 0 Å². The summed E-state index contributed by atoms with van der Waals surface area (Å²) >= 11 is 0. The van der Waals surface area contributed by atoms with Gasteiger partial charge in [0.2, 0.25) is 15.9 Å². The van der Waals surface area contributed by atoms with Gasteiger partial charge in [-0.15, -0.1) is 0 Å². The first-order valence-corrected chi connectivity index (χ1v) is 9.59. The summed E-state index contributed by atoms with van der Waals surface area (Å²) in [5.41, 5.74) is 0. The van der Waals surface area contributed by atoms with E-state index in [-0.39, 0.29) is 11.9 Å². The van der Waals surface area contributed by atoms with Gasteiger partial charge in [0.25, 0.3) is 0 Å². The molecule has 0 spiro atoms. The lowest BCUT2D eigenvalue weighted by atomic mass is 9.72. The third kappa shape index (κ3) is 3.43. The van der Waals surface area contributed by atoms with Crippen molar-refractivity contribution in [2.24, 2.45) is 11.8 Å². The monoisotopic (exact) mass is 332 g/mol. The summed E-state index contributed by atoms with van der Waals surface area (Å²) in [5, 5.41) is 9.04. The molecule has 0 aromatic carbocycles. The highest BCUT2D eigenvalue weighted by molar-refractivity contribution is 7.88. The number of nitrogens with zero attached hydrogens (tertiary/aromatic N) is 2. The summed E-state index contributed by atoms with van der Waals surface area (Å²) in [6, 6.07) is -0.0688. The number of hydrogen-bond acceptors (Lipinski definition) is 4. The fourth-order valence-electron chi connectivity index (χ4n) is 3.46. The zero-order chi connectivity index (χ0) is 16.5. The minimum absolute atomic E-state index is 0.0688. The van der Waals surface area contributed by atoms with E-state index in [2.05, 4.69) is 0 Å². The molecule has 8 heteroatoms. The molecule has 2 aliphatic rings. The maximum atomic E-state index is 12.4. The summed E-state index contributed by atoms with van der Waals surface area (Å²) in [4.78, 5) is 25.1. The molecule has 2 rings (SSSR count). The normalized spacial score (nSPS) is 26.8. The molecule has 0 bridgehead atoms. The van der Waals surface area contributed by atoms with E-state index in [9.17, 15) is 18.0 Å². The molecule has 2 unspecified atom stereocenters. The first kappa shape index (κ1) is 17.2. The number of rotatable bonds is 5. The molecular weight excluding hydrogens is 308 g/mol. The minimum atomic E-state index is -3.23. The quantitative estimate of drug-likeness (QED) is 0.785. The number of aliphatic carboxylic acids is 1. The van der Waals surface area contributed by atoms with Crippen LogP contribution < -0.4 is 0 Å². The van der Waals surface area contributed by atoms with Crippen molar-refractivity contribution >= 4 is 21.9 Å². The summed E-state index contributed by atoms with van der Waals surface area (Å²) in [6.07, 6.45) is 3.63. The largest absolute Gasteiger partial charge is 0.481 e. The summed E-state index contributed by atoms with van der Waals surface area (Å²) in [7, 11) is -3.23. The van der Waals surface area contributed by atoms with Crippen LogP contribution in [0, 0.1) is 11.8 Å². The molecule has 1 amide bonds. The zero-order valence-electron chi connectivity index (χ0n) is 13.1. The Morgan fingerprint density at radius 3 is 2.05 bits per heavy atom. The maximum absolute atomic E-state index is 12.4. The Morgan fingerprint density at radius 2 is 1.68 bits per heavy atom. The molecule has 7 nitrogen and oxygen atoms in total. The van der Waals surface area contributed by atoms with Crippen LogP contribution >= 0.6 is 0 Å². The molecule has 1 saturated heterocycles. The van der Waals surface area contributed by atoms with E-state index in [0.29, 0.717) is 45.3 Å². The van der Waals surface area contributed by atoms with Gasteiger partial charge in [-0.1, -0.05) is 6.92 Å². The van der Waals surface area contributed by atoms with Crippen LogP contribution in [0.5, 0.6) is 0 Å². The Balaban J connectivity index is 1.92. The van der Waals surface area contributed by atoms with Crippen LogP contribution in [-0.4, -0.2) is 66.5 Å². The minimum Gasteiger partial charge on any atom is -0.481 e. The molecule has 126 valence electrons. The number of likely N-dealkylation sites (tertiary alicyclic amines) is 1. The highest BCUT2D eigenvalue weighted by Gasteiger charge is 2.44. The predicted molar refractivity (Wildman–Crippen MR) is 80.7 cm³/mol. The molecular formula is C14H24N2O5S. The standard InChI is InChI=1S/C14H24N2O5S/c1-3-16(22(2,20)21)10-6-8-15(9-7-10)13(17)11-4-5-12(11)14(18)19/h10-12H,3-9H2,1-2H3,(H,18,19). The molecule has 1 aliphatic carbocycles. The molecule has 1 N–H and O–H groups in total. The number of carbonyl (C=O) groups excluding carboxylic acids is 1. The molecule has 1 aliphatic heterocycles. The van der Waals surface area contributed by atoms with Gasteiger partial charge in [-0.25, -0.2) is 8.42 Å². The second kappa shape index (κ2) is 6.54. The predicted octanol–water partition coefficient (Wildman–Crippen LogP) is 0.370. The highest BCUT2D eigenvalue weighted by atomic mass is 32.2. The number of carboxylic acid groups (broad SMARTS) is 1. The lowest BCUT2D eigenvalue weighted by molar-refractivity contribution is -0.157. The molecule has 1 heterocycles. The molecule has 2 atom stereocenters. The third-order valence-electron chi connectivity index (χ3n) is 4.83. The number of sulfonamides is 1. The lowest BCUT2D eigenvalue weighted by Gasteiger charge is -2.41. The van der Waals surface area contributed by atoms with Crippen LogP contribution in [0.15, 0.2) is 0 Å². The van der Waals surface area contributed by atoms with E-state index in [4.69, 9.17) is 5.11 Å². The van der Waals surface area contributed by atoms with Crippen molar-refractivity contribution in [3.05, 3.63) is 0 Å². The average Bonchev–Trinajstić information content (AvgIpc) is 2.36. The number of carboxylic acids is 1. The topological polar surface area (TPSA) is 95.0 Å². The highest BCUT2D eigenvalue weighted by Crippen LogP contribution is 2.36. The first-order valence-electron chi connectivity index (χ1n) is 7.74. The van der Waals surface area contributed by atoms with Crippen molar-refractivity contribution < 1.29 is 23.1 Å². The maximum Gasteiger partial charge on any atom is 0.307 e. The van der Waals surface area contributed by atoms with Crippen molar-refractivity contribution in [3.8, 4) is 0 Å². The number of amides is 1. The Morgan fingerprint density at radius 1 is 1.14 bits per heavy atom. The smallest absolute Gasteiger partial charge is 0.307 e. The van der Waals surface area contributed by atoms with Crippen LogP contribution in [0.2, 0.25) is 0 Å². The van der Waals surface area contributed by atoms with Crippen LogP contribution in [0.4, 0.5) is 0 Å². The lowest BCUT2D eigenvalue weighted by Crippen LogP contribution is -2.52. The fourth-order valence-corrected chi connectivity index (χ4v) is 4.68. The average molecular weight is 332 g/mol. The summed E-state index contributed by atoms with van der Waals surface area (Å²) < 4.78 is 25.0. The van der Waals surface area contributed by atoms with Gasteiger partial charge in [0.05, 0.1) is 18.1 Å². The van der Waals surface area contributed by atoms with Gasteiger partial charge in [0, 0.05) is 25.7 Å². The first-order chi connectivity index (χ1) is 10.3. The SMILES string of the molecule is CCN(C1CCN(C(=O)C2CCC2C(=O)O)CC1)S(C)(=O)=O. The van der Waals surface area contributed by atoms with Crippen molar-refractivity contribution in [3.63, 3.8) is 0 Å². The number of carbonyl (C=O) groups is 2. The van der Waals surface area contributed by atoms with Crippen LogP contribution in [-0.2, 0) is 19.6 Å². The summed E-state index contributed by atoms with van der Waals surface area (Å²) in [6.45, 7) is 3.24. The fraction of sp³-hybridized carbons (Fsp3) is 0.857. The molecule has 1 saturated carbocycles. The molecule has 0 aromatic heterocycles. The Bertz CT molecular complexity index is 539. The van der Waals surface area contributed by atoms with Gasteiger partial charge in [-0.3, -0.25) is 9.59 Å². The van der Waals surface area contributed by atoms with E-state index < -0.39 is 27.8 Å². The number of hydrogen-bond donors (Lipinski definition) is 1. The van der Waals surface area contributed by atoms with Crippen molar-refractivity contribution in [2.75, 3.05) is 25.9 Å². The van der Waals surface area contributed by atoms with Crippen molar-refractivity contribution in [2.45, 2.75) is 38.6 Å². The second-order valence-corrected chi connectivity index (χ2v) is 8.09. The zero-order valence-corrected chi connectivity index (χ0v) is 13.9. The van der Waals surface area contributed by atoms with Crippen molar-refractivity contribution in [1.82, 2.24) is 9.21 Å². The van der Waals surface area contributed by atoms with E-state index in [1.807, 2.05) is 6.92 Å². The van der Waals surface area contributed by atoms with Gasteiger partial charge >= 0.3 is 5.97 Å². The van der Waals surface area contributed by atoms with Gasteiger partial charge in [-0.05, 0) is 25.7 Å². The van der Waals surface area contributed by atoms with E-state index in [0.717, 1.165) is 0 Å². The van der Waals surface area contributed by atoms with Crippen molar-refractivity contribution in [1.29, 1.82) is 0 Å². The Hall–Kier alpha value is -1.15. The Kier molecular flexibility index (Phi) is 5.11. The summed E-state index contributed by atoms with van der Waals surface area (Å²) in [5.74, 6) is -1.92. The van der Waals surface area contributed by atoms with Crippen LogP contribution in [0.3, 0.4) is 0 Å². The molecule has 22 heavy (non-hydrogen) atoms. The van der Waals surface area contributed by atoms with Crippen LogP contribution in [0.1, 0.15) is 32.6 Å². The molecule has 0 aromatic rings. The molecule has 0 radical (unpaired) electrons.